The largest absolute Gasteiger partial charge is 0.480 e. The van der Waals surface area contributed by atoms with E-state index < -0.39 is 40.9 Å². The maximum atomic E-state index is 13.9. The zero-order chi connectivity index (χ0) is 28.0. The van der Waals surface area contributed by atoms with Gasteiger partial charge in [-0.3, -0.25) is 9.59 Å². The van der Waals surface area contributed by atoms with E-state index in [1.165, 1.54) is 16.7 Å². The summed E-state index contributed by atoms with van der Waals surface area (Å²) in [4.78, 5) is 38.5. The van der Waals surface area contributed by atoms with Crippen molar-refractivity contribution < 1.29 is 32.7 Å². The summed E-state index contributed by atoms with van der Waals surface area (Å²) in [5, 5.41) is 14.4. The van der Waals surface area contributed by atoms with Crippen molar-refractivity contribution in [1.82, 2.24) is 10.2 Å². The lowest BCUT2D eigenvalue weighted by molar-refractivity contribution is -0.138. The Bertz CT molecular complexity index is 1170. The number of benzene rings is 2. The third-order valence-corrected chi connectivity index (χ3v) is 7.32. The Hall–Kier alpha value is -3.25. The van der Waals surface area contributed by atoms with Gasteiger partial charge < -0.3 is 26.4 Å². The Morgan fingerprint density at radius 2 is 1.76 bits per heavy atom. The Balaban J connectivity index is 1.52. The van der Waals surface area contributed by atoms with Crippen LogP contribution in [0.4, 0.5) is 18.9 Å². The van der Waals surface area contributed by atoms with Gasteiger partial charge in [-0.1, -0.05) is 26.0 Å². The van der Waals surface area contributed by atoms with Crippen LogP contribution in [0.3, 0.4) is 0 Å². The highest BCUT2D eigenvalue weighted by Crippen LogP contribution is 2.25. The van der Waals surface area contributed by atoms with E-state index in [-0.39, 0.29) is 42.7 Å². The summed E-state index contributed by atoms with van der Waals surface area (Å²) in [6.45, 7) is 4.17. The predicted molar refractivity (Wildman–Crippen MR) is 139 cm³/mol. The molecule has 3 rings (SSSR count). The lowest BCUT2D eigenvalue weighted by Gasteiger charge is -2.24. The maximum absolute atomic E-state index is 13.9. The Labute approximate surface area is 223 Å². The smallest absolute Gasteiger partial charge is 0.326 e. The number of carbonyl (C=O) groups excluding carboxylic acids is 2. The second-order valence-corrected chi connectivity index (χ2v) is 10.6. The molecule has 0 bridgehead atoms. The number of carbonyl (C=O) groups is 3. The molecule has 1 heterocycles. The first kappa shape index (κ1) is 29.3. The van der Waals surface area contributed by atoms with Gasteiger partial charge in [0.2, 0.25) is 5.91 Å². The third-order valence-electron chi connectivity index (χ3n) is 6.12. The molecular formula is C26H31F3N4O4S. The topological polar surface area (TPSA) is 125 Å². The number of nitrogens with zero attached hydrogens (tertiary/aromatic N) is 1. The molecule has 0 radical (unpaired) electrons. The van der Waals surface area contributed by atoms with E-state index in [1.807, 2.05) is 13.8 Å². The first-order valence-corrected chi connectivity index (χ1v) is 13.2. The van der Waals surface area contributed by atoms with Crippen LogP contribution in [0.15, 0.2) is 36.4 Å². The highest BCUT2D eigenvalue weighted by atomic mass is 32.2. The fraction of sp³-hybridized carbons (Fsp3) is 0.423. The summed E-state index contributed by atoms with van der Waals surface area (Å²) < 4.78 is 40.5. The molecule has 2 aromatic carbocycles. The number of amides is 2. The van der Waals surface area contributed by atoms with Crippen molar-refractivity contribution in [1.29, 1.82) is 0 Å². The first-order valence-electron chi connectivity index (χ1n) is 12.1. The number of nitrogens with two attached hydrogens (primary N) is 1. The molecule has 206 valence electrons. The fourth-order valence-corrected chi connectivity index (χ4v) is 5.21. The molecule has 2 aromatic rings. The number of carboxylic acids is 1. The molecule has 1 unspecified atom stereocenters. The summed E-state index contributed by atoms with van der Waals surface area (Å²) in [5.41, 5.74) is 7.29. The molecule has 1 saturated heterocycles. The first-order chi connectivity index (χ1) is 18.0. The lowest BCUT2D eigenvalue weighted by atomic mass is 10.0. The van der Waals surface area contributed by atoms with Gasteiger partial charge in [-0.25, -0.2) is 18.0 Å². The minimum absolute atomic E-state index is 0.109. The molecule has 1 aliphatic heterocycles. The maximum Gasteiger partial charge on any atom is 0.326 e. The van der Waals surface area contributed by atoms with Crippen LogP contribution in [0.1, 0.15) is 31.4 Å². The highest BCUT2D eigenvalue weighted by molar-refractivity contribution is 8.00. The molecule has 3 atom stereocenters. The van der Waals surface area contributed by atoms with Crippen LogP contribution in [-0.4, -0.2) is 57.5 Å². The van der Waals surface area contributed by atoms with Crippen molar-refractivity contribution >= 4 is 35.2 Å². The number of hydrogen-bond acceptors (Lipinski definition) is 6. The summed E-state index contributed by atoms with van der Waals surface area (Å²) in [6.07, 6.45) is -0.354. The monoisotopic (exact) mass is 552 g/mol. The van der Waals surface area contributed by atoms with Crippen molar-refractivity contribution in [2.45, 2.75) is 50.7 Å². The summed E-state index contributed by atoms with van der Waals surface area (Å²) in [6, 6.07) is 6.60. The average molecular weight is 553 g/mol. The van der Waals surface area contributed by atoms with Crippen molar-refractivity contribution in [3.05, 3.63) is 65.0 Å². The average Bonchev–Trinajstić information content (AvgIpc) is 3.35. The van der Waals surface area contributed by atoms with E-state index in [0.717, 1.165) is 11.6 Å². The van der Waals surface area contributed by atoms with E-state index >= 15 is 0 Å². The molecule has 8 nitrogen and oxygen atoms in total. The van der Waals surface area contributed by atoms with Gasteiger partial charge >= 0.3 is 5.97 Å². The molecule has 0 spiro atoms. The van der Waals surface area contributed by atoms with Crippen LogP contribution >= 0.6 is 11.8 Å². The number of anilines is 1. The Morgan fingerprint density at radius 3 is 2.39 bits per heavy atom. The van der Waals surface area contributed by atoms with Crippen molar-refractivity contribution in [2.75, 3.05) is 17.6 Å². The van der Waals surface area contributed by atoms with Crippen LogP contribution in [-0.2, 0) is 27.3 Å². The molecule has 0 aromatic heterocycles. The highest BCUT2D eigenvalue weighted by Gasteiger charge is 2.35. The molecule has 12 heteroatoms. The minimum atomic E-state index is -1.30. The second-order valence-electron chi connectivity index (χ2n) is 9.46. The standard InChI is InChI=1S/C26H31F3N4O4S/c1-14(2)23(26(36)37)32-18-5-3-15(4-6-18)13-31-24(35)25-33(7-8-38-25)22(34)11-17(30)9-16-10-20(28)21(29)12-19(16)27/h3-6,10,12,14,17,23,25,32H,7-9,11,13,30H2,1-2H3,(H,31,35)(H,36,37)/t17-,23-,25?/m1/s1. The van der Waals surface area contributed by atoms with Gasteiger partial charge in [-0.05, 0) is 41.7 Å². The second kappa shape index (κ2) is 13.0. The molecule has 38 heavy (non-hydrogen) atoms. The predicted octanol–water partition coefficient (Wildman–Crippen LogP) is 3.10. The zero-order valence-electron chi connectivity index (χ0n) is 21.0. The van der Waals surface area contributed by atoms with E-state index in [4.69, 9.17) is 5.73 Å². The van der Waals surface area contributed by atoms with E-state index in [9.17, 15) is 32.7 Å². The molecule has 1 fully saturated rings. The van der Waals surface area contributed by atoms with Crippen LogP contribution < -0.4 is 16.4 Å². The van der Waals surface area contributed by atoms with E-state index in [0.29, 0.717) is 24.1 Å². The number of rotatable bonds is 11. The van der Waals surface area contributed by atoms with Gasteiger partial charge in [0.15, 0.2) is 17.0 Å². The van der Waals surface area contributed by atoms with Gasteiger partial charge in [0.05, 0.1) is 0 Å². The number of hydrogen-bond donors (Lipinski definition) is 4. The summed E-state index contributed by atoms with van der Waals surface area (Å²) >= 11 is 1.31. The molecule has 2 amide bonds. The third kappa shape index (κ3) is 7.64. The van der Waals surface area contributed by atoms with Gasteiger partial charge in [0.25, 0.3) is 5.91 Å². The SMILES string of the molecule is CC(C)[C@@H](Nc1ccc(CNC(=O)C2SCCN2C(=O)C[C@H](N)Cc2cc(F)c(F)cc2F)cc1)C(=O)O. The van der Waals surface area contributed by atoms with E-state index in [1.54, 1.807) is 24.3 Å². The van der Waals surface area contributed by atoms with Crippen LogP contribution in [0.25, 0.3) is 0 Å². The molecule has 1 aliphatic rings. The Morgan fingerprint density at radius 1 is 1.11 bits per heavy atom. The molecular weight excluding hydrogens is 521 g/mol. The zero-order valence-corrected chi connectivity index (χ0v) is 21.9. The van der Waals surface area contributed by atoms with Crippen LogP contribution in [0.5, 0.6) is 0 Å². The fourth-order valence-electron chi connectivity index (χ4n) is 4.05. The van der Waals surface area contributed by atoms with Crippen molar-refractivity contribution in [3.63, 3.8) is 0 Å². The van der Waals surface area contributed by atoms with Crippen LogP contribution in [0.2, 0.25) is 0 Å². The number of aliphatic carboxylic acids is 1. The minimum Gasteiger partial charge on any atom is -0.480 e. The number of nitrogens with one attached hydrogen (secondary N) is 2. The van der Waals surface area contributed by atoms with E-state index in [2.05, 4.69) is 10.6 Å². The van der Waals surface area contributed by atoms with Gasteiger partial charge in [-0.2, -0.15) is 0 Å². The van der Waals surface area contributed by atoms with Crippen LogP contribution in [0, 0.1) is 23.4 Å². The molecule has 0 aliphatic carbocycles. The number of halogens is 3. The Kier molecular flexibility index (Phi) is 10.0. The number of carboxylic acid groups (broad SMARTS) is 1. The lowest BCUT2D eigenvalue weighted by Crippen LogP contribution is -2.46. The summed E-state index contributed by atoms with van der Waals surface area (Å²) in [5.74, 6) is -4.68. The quantitative estimate of drug-likeness (QED) is 0.316. The van der Waals surface area contributed by atoms with Crippen molar-refractivity contribution in [3.8, 4) is 0 Å². The van der Waals surface area contributed by atoms with Gasteiger partial charge in [-0.15, -0.1) is 11.8 Å². The normalized spacial score (nSPS) is 16.8. The number of thioether (sulfide) groups is 1. The van der Waals surface area contributed by atoms with Gasteiger partial charge in [0.1, 0.15) is 11.9 Å². The van der Waals surface area contributed by atoms with Gasteiger partial charge in [0, 0.05) is 43.1 Å². The van der Waals surface area contributed by atoms with Crippen molar-refractivity contribution in [2.24, 2.45) is 11.7 Å². The molecule has 5 N–H and O–H groups in total. The molecule has 0 saturated carbocycles. The summed E-state index contributed by atoms with van der Waals surface area (Å²) in [7, 11) is 0.